The number of benzene rings is 2. The van der Waals surface area contributed by atoms with E-state index in [-0.39, 0.29) is 11.5 Å². The summed E-state index contributed by atoms with van der Waals surface area (Å²) in [6.07, 6.45) is 3.28. The van der Waals surface area contributed by atoms with Gasteiger partial charge >= 0.3 is 0 Å². The summed E-state index contributed by atoms with van der Waals surface area (Å²) < 4.78 is 6.54. The van der Waals surface area contributed by atoms with E-state index in [0.29, 0.717) is 6.42 Å². The van der Waals surface area contributed by atoms with Gasteiger partial charge in [0.1, 0.15) is 5.60 Å². The summed E-state index contributed by atoms with van der Waals surface area (Å²) >= 11 is 0. The predicted octanol–water partition coefficient (Wildman–Crippen LogP) is 4.19. The maximum atomic E-state index is 11.9. The molecule has 1 aromatic heterocycles. The van der Waals surface area contributed by atoms with Crippen LogP contribution in [0.25, 0.3) is 10.9 Å². The molecule has 0 bridgehead atoms. The summed E-state index contributed by atoms with van der Waals surface area (Å²) in [6.45, 7) is 1.57. The first-order chi connectivity index (χ1) is 14.0. The Morgan fingerprint density at radius 1 is 1.07 bits per heavy atom. The fourth-order valence-electron chi connectivity index (χ4n) is 5.66. The first-order valence-electron chi connectivity index (χ1n) is 10.7. The molecule has 1 aliphatic carbocycles. The van der Waals surface area contributed by atoms with E-state index in [2.05, 4.69) is 60.4 Å². The monoisotopic (exact) mass is 390 g/mol. The Kier molecular flexibility index (Phi) is 4.54. The molecule has 1 fully saturated rings. The van der Waals surface area contributed by atoms with Crippen molar-refractivity contribution < 1.29 is 9.84 Å². The molecule has 5 rings (SSSR count). The molecular weight excluding hydrogens is 360 g/mol. The van der Waals surface area contributed by atoms with Crippen LogP contribution >= 0.6 is 0 Å². The second kappa shape index (κ2) is 6.98. The van der Waals surface area contributed by atoms with E-state index in [0.717, 1.165) is 38.0 Å². The van der Waals surface area contributed by atoms with Crippen molar-refractivity contribution in [1.29, 1.82) is 0 Å². The zero-order valence-electron chi connectivity index (χ0n) is 17.3. The normalized spacial score (nSPS) is 29.4. The Bertz CT molecular complexity index is 1010. The number of ether oxygens (including phenoxy) is 1. The van der Waals surface area contributed by atoms with Crippen LogP contribution in [0.5, 0.6) is 0 Å². The molecular formula is C25H30N2O2. The Morgan fingerprint density at radius 2 is 1.83 bits per heavy atom. The minimum absolute atomic E-state index is 0.0889. The van der Waals surface area contributed by atoms with Gasteiger partial charge in [0.2, 0.25) is 0 Å². The molecule has 29 heavy (non-hydrogen) atoms. The van der Waals surface area contributed by atoms with Crippen molar-refractivity contribution in [2.24, 2.45) is 5.92 Å². The van der Waals surface area contributed by atoms with Gasteiger partial charge < -0.3 is 19.7 Å². The van der Waals surface area contributed by atoms with E-state index in [1.54, 1.807) is 0 Å². The van der Waals surface area contributed by atoms with E-state index in [1.165, 1.54) is 22.2 Å². The van der Waals surface area contributed by atoms with Gasteiger partial charge in [-0.2, -0.15) is 0 Å². The lowest BCUT2D eigenvalue weighted by Gasteiger charge is -2.51. The minimum Gasteiger partial charge on any atom is -0.385 e. The van der Waals surface area contributed by atoms with Crippen LogP contribution in [-0.4, -0.2) is 42.2 Å². The van der Waals surface area contributed by atoms with Crippen LogP contribution < -0.4 is 0 Å². The number of rotatable bonds is 3. The second-order valence-electron chi connectivity index (χ2n) is 9.07. The molecule has 3 aromatic rings. The van der Waals surface area contributed by atoms with Crippen molar-refractivity contribution in [2.75, 3.05) is 27.2 Å². The first-order valence-corrected chi connectivity index (χ1v) is 10.7. The Hall–Kier alpha value is -2.14. The number of nitrogens with zero attached hydrogens (tertiary/aromatic N) is 1. The van der Waals surface area contributed by atoms with E-state index in [1.807, 2.05) is 18.2 Å². The number of aromatic nitrogens is 1. The van der Waals surface area contributed by atoms with Gasteiger partial charge in [-0.25, -0.2) is 0 Å². The average Bonchev–Trinajstić information content (AvgIpc) is 3.12. The van der Waals surface area contributed by atoms with E-state index in [9.17, 15) is 5.11 Å². The molecule has 1 saturated carbocycles. The third kappa shape index (κ3) is 3.02. The number of hydrogen-bond acceptors (Lipinski definition) is 3. The fourth-order valence-corrected chi connectivity index (χ4v) is 5.66. The molecule has 1 aliphatic heterocycles. The Balaban J connectivity index is 1.58. The van der Waals surface area contributed by atoms with Crippen LogP contribution in [0.15, 0.2) is 54.6 Å². The summed E-state index contributed by atoms with van der Waals surface area (Å²) in [6, 6.07) is 18.8. The molecule has 2 heterocycles. The molecule has 3 unspecified atom stereocenters. The van der Waals surface area contributed by atoms with Crippen LogP contribution in [0.1, 0.15) is 36.1 Å². The molecule has 0 amide bonds. The third-order valence-corrected chi connectivity index (χ3v) is 7.02. The van der Waals surface area contributed by atoms with E-state index in [4.69, 9.17) is 4.74 Å². The summed E-state index contributed by atoms with van der Waals surface area (Å²) in [5.74, 6) is 0.0889. The number of fused-ring (bicyclic) bond motifs is 4. The molecule has 0 saturated heterocycles. The lowest BCUT2D eigenvalue weighted by atomic mass is 9.64. The third-order valence-electron chi connectivity index (χ3n) is 7.02. The zero-order valence-corrected chi connectivity index (χ0v) is 17.3. The molecule has 4 heteroatoms. The second-order valence-corrected chi connectivity index (χ2v) is 9.07. The van der Waals surface area contributed by atoms with Gasteiger partial charge in [-0.3, -0.25) is 0 Å². The van der Waals surface area contributed by atoms with Gasteiger partial charge in [0, 0.05) is 23.4 Å². The van der Waals surface area contributed by atoms with Gasteiger partial charge in [-0.1, -0.05) is 48.5 Å². The largest absolute Gasteiger partial charge is 0.385 e. The SMILES string of the molecule is CN(C)CC1CC2(CCC1(O)c1ccccc1)OCCc1c2[nH]c2ccccc12. The molecule has 2 aliphatic rings. The minimum atomic E-state index is -0.830. The average molecular weight is 391 g/mol. The topological polar surface area (TPSA) is 48.5 Å². The van der Waals surface area contributed by atoms with Crippen LogP contribution in [0.3, 0.4) is 0 Å². The van der Waals surface area contributed by atoms with Crippen molar-refractivity contribution in [1.82, 2.24) is 9.88 Å². The maximum Gasteiger partial charge on any atom is 0.109 e. The highest BCUT2D eigenvalue weighted by Gasteiger charge is 2.52. The van der Waals surface area contributed by atoms with E-state index >= 15 is 0 Å². The number of para-hydroxylation sites is 1. The summed E-state index contributed by atoms with van der Waals surface area (Å²) in [7, 11) is 4.17. The van der Waals surface area contributed by atoms with Gasteiger partial charge in [-0.15, -0.1) is 0 Å². The molecule has 2 aromatic carbocycles. The van der Waals surface area contributed by atoms with Gasteiger partial charge in [0.25, 0.3) is 0 Å². The predicted molar refractivity (Wildman–Crippen MR) is 116 cm³/mol. The quantitative estimate of drug-likeness (QED) is 0.705. The lowest BCUT2D eigenvalue weighted by Crippen LogP contribution is -2.52. The Morgan fingerprint density at radius 3 is 2.62 bits per heavy atom. The maximum absolute atomic E-state index is 11.9. The highest BCUT2D eigenvalue weighted by atomic mass is 16.5. The van der Waals surface area contributed by atoms with Crippen molar-refractivity contribution >= 4 is 10.9 Å². The number of H-pyrrole nitrogens is 1. The van der Waals surface area contributed by atoms with Crippen LogP contribution in [0.2, 0.25) is 0 Å². The summed E-state index contributed by atoms with van der Waals surface area (Å²) in [4.78, 5) is 5.88. The van der Waals surface area contributed by atoms with Gasteiger partial charge in [0.05, 0.1) is 17.9 Å². The van der Waals surface area contributed by atoms with Crippen LogP contribution in [0, 0.1) is 5.92 Å². The first kappa shape index (κ1) is 18.9. The summed E-state index contributed by atoms with van der Waals surface area (Å²) in [5, 5.41) is 13.2. The molecule has 152 valence electrons. The molecule has 4 nitrogen and oxygen atoms in total. The van der Waals surface area contributed by atoms with Crippen molar-refractivity contribution in [3.8, 4) is 0 Å². The van der Waals surface area contributed by atoms with Gasteiger partial charge in [0.15, 0.2) is 0 Å². The van der Waals surface area contributed by atoms with Crippen LogP contribution in [-0.2, 0) is 22.4 Å². The standard InChI is InChI=1S/C25H30N2O2/c1-27(2)17-19-16-24(13-14-25(19,28)18-8-4-3-5-9-18)23-21(12-15-29-24)20-10-6-7-11-22(20)26-23/h3-11,19,26,28H,12-17H2,1-2H3. The van der Waals surface area contributed by atoms with Crippen molar-refractivity contribution in [3.05, 3.63) is 71.4 Å². The van der Waals surface area contributed by atoms with E-state index < -0.39 is 5.60 Å². The lowest BCUT2D eigenvalue weighted by molar-refractivity contribution is -0.166. The zero-order chi connectivity index (χ0) is 20.1. The number of hydrogen-bond donors (Lipinski definition) is 2. The number of aromatic amines is 1. The molecule has 1 spiro atoms. The van der Waals surface area contributed by atoms with Crippen LogP contribution in [0.4, 0.5) is 0 Å². The Labute approximate surface area is 172 Å². The smallest absolute Gasteiger partial charge is 0.109 e. The summed E-state index contributed by atoms with van der Waals surface area (Å²) in [5.41, 5.74) is 3.69. The number of aliphatic hydroxyl groups is 1. The van der Waals surface area contributed by atoms with Crippen molar-refractivity contribution in [3.63, 3.8) is 0 Å². The number of nitrogens with one attached hydrogen (secondary N) is 1. The van der Waals surface area contributed by atoms with Crippen molar-refractivity contribution in [2.45, 2.75) is 36.9 Å². The molecule has 3 atom stereocenters. The highest BCUT2D eigenvalue weighted by Crippen LogP contribution is 2.53. The van der Waals surface area contributed by atoms with Gasteiger partial charge in [-0.05, 0) is 57.0 Å². The molecule has 2 N–H and O–H groups in total. The highest BCUT2D eigenvalue weighted by molar-refractivity contribution is 5.85. The fraction of sp³-hybridized carbons (Fsp3) is 0.440. The molecule has 0 radical (unpaired) electrons.